The minimum absolute atomic E-state index is 0.00745. The molecule has 1 aromatic carbocycles. The lowest BCUT2D eigenvalue weighted by atomic mass is 10.2. The Kier molecular flexibility index (Phi) is 5.92. The van der Waals surface area contributed by atoms with Crippen LogP contribution >= 0.6 is 11.3 Å². The van der Waals surface area contributed by atoms with E-state index >= 15 is 0 Å². The molecule has 0 aliphatic carbocycles. The van der Waals surface area contributed by atoms with Gasteiger partial charge >= 0.3 is 0 Å². The number of nitrogens with zero attached hydrogens (tertiary/aromatic N) is 3. The molecule has 28 heavy (non-hydrogen) atoms. The second kappa shape index (κ2) is 8.75. The maximum atomic E-state index is 12.4. The smallest absolute Gasteiger partial charge is 0.264 e. The molecule has 148 valence electrons. The van der Waals surface area contributed by atoms with Crippen molar-refractivity contribution in [3.63, 3.8) is 0 Å². The predicted molar refractivity (Wildman–Crippen MR) is 113 cm³/mol. The van der Waals surface area contributed by atoms with E-state index in [2.05, 4.69) is 27.2 Å². The summed E-state index contributed by atoms with van der Waals surface area (Å²) in [6, 6.07) is 11.9. The summed E-state index contributed by atoms with van der Waals surface area (Å²) in [6.07, 6.45) is 2.51. The summed E-state index contributed by atoms with van der Waals surface area (Å²) in [5.41, 5.74) is 2.06. The highest BCUT2D eigenvalue weighted by Gasteiger charge is 2.23. The average molecular weight is 399 g/mol. The summed E-state index contributed by atoms with van der Waals surface area (Å²) in [4.78, 5) is 31.9. The van der Waals surface area contributed by atoms with Crippen LogP contribution in [0.15, 0.2) is 41.8 Å². The molecule has 4 rings (SSSR count). The second-order valence-electron chi connectivity index (χ2n) is 7.33. The minimum Gasteiger partial charge on any atom is -0.372 e. The summed E-state index contributed by atoms with van der Waals surface area (Å²) < 4.78 is 0. The fourth-order valence-electron chi connectivity index (χ4n) is 3.80. The molecule has 1 aromatic heterocycles. The Morgan fingerprint density at radius 3 is 2.29 bits per heavy atom. The quantitative estimate of drug-likeness (QED) is 0.842. The van der Waals surface area contributed by atoms with Crippen LogP contribution in [0, 0.1) is 0 Å². The molecule has 6 nitrogen and oxygen atoms in total. The van der Waals surface area contributed by atoms with Gasteiger partial charge in [0, 0.05) is 50.6 Å². The number of nitrogens with one attached hydrogen (secondary N) is 1. The standard InChI is InChI=1S/C21H26N4O2S/c26-20(22-17-5-7-18(8-6-17)24-9-1-2-10-24)16-23-11-13-25(14-12-23)21(27)19-4-3-15-28-19/h3-8,15H,1-2,9-14,16H2,(H,22,26). The van der Waals surface area contributed by atoms with Crippen LogP contribution in [0.25, 0.3) is 0 Å². The van der Waals surface area contributed by atoms with E-state index in [4.69, 9.17) is 0 Å². The summed E-state index contributed by atoms with van der Waals surface area (Å²) >= 11 is 1.47. The van der Waals surface area contributed by atoms with Gasteiger partial charge in [-0.05, 0) is 48.6 Å². The lowest BCUT2D eigenvalue weighted by Gasteiger charge is -2.34. The fraction of sp³-hybridized carbons (Fsp3) is 0.429. The van der Waals surface area contributed by atoms with Gasteiger partial charge in [0.2, 0.25) is 5.91 Å². The zero-order valence-electron chi connectivity index (χ0n) is 16.0. The van der Waals surface area contributed by atoms with Crippen molar-refractivity contribution in [2.24, 2.45) is 0 Å². The van der Waals surface area contributed by atoms with E-state index in [0.717, 1.165) is 36.7 Å². The number of thiophene rings is 1. The van der Waals surface area contributed by atoms with Gasteiger partial charge in [0.25, 0.3) is 5.91 Å². The Balaban J connectivity index is 1.23. The van der Waals surface area contributed by atoms with Gasteiger partial charge in [0.05, 0.1) is 11.4 Å². The Hall–Kier alpha value is -2.38. The lowest BCUT2D eigenvalue weighted by Crippen LogP contribution is -2.50. The van der Waals surface area contributed by atoms with Gasteiger partial charge in [-0.1, -0.05) is 6.07 Å². The van der Waals surface area contributed by atoms with Crippen LogP contribution in [0.1, 0.15) is 22.5 Å². The molecule has 0 radical (unpaired) electrons. The first kappa shape index (κ1) is 19.0. The fourth-order valence-corrected chi connectivity index (χ4v) is 4.49. The molecule has 0 bridgehead atoms. The SMILES string of the molecule is O=C(CN1CCN(C(=O)c2cccs2)CC1)Nc1ccc(N2CCCC2)cc1. The molecule has 0 atom stereocenters. The van der Waals surface area contributed by atoms with Crippen LogP contribution in [0.4, 0.5) is 11.4 Å². The molecule has 3 heterocycles. The number of amides is 2. The molecule has 2 amide bonds. The van der Waals surface area contributed by atoms with Crippen LogP contribution in [-0.2, 0) is 4.79 Å². The maximum Gasteiger partial charge on any atom is 0.264 e. The Morgan fingerprint density at radius 2 is 1.64 bits per heavy atom. The largest absolute Gasteiger partial charge is 0.372 e. The summed E-state index contributed by atoms with van der Waals surface area (Å²) in [7, 11) is 0. The third-order valence-electron chi connectivity index (χ3n) is 5.38. The number of carbonyl (C=O) groups excluding carboxylic acids is 2. The van der Waals surface area contributed by atoms with Crippen molar-refractivity contribution < 1.29 is 9.59 Å². The second-order valence-corrected chi connectivity index (χ2v) is 8.28. The number of rotatable bonds is 5. The van der Waals surface area contributed by atoms with Crippen LogP contribution in [0.2, 0.25) is 0 Å². The van der Waals surface area contributed by atoms with Crippen LogP contribution in [0.3, 0.4) is 0 Å². The van der Waals surface area contributed by atoms with Gasteiger partial charge in [-0.15, -0.1) is 11.3 Å². The molecule has 0 saturated carbocycles. The van der Waals surface area contributed by atoms with Crippen LogP contribution < -0.4 is 10.2 Å². The predicted octanol–water partition coefficient (Wildman–Crippen LogP) is 2.74. The van der Waals surface area contributed by atoms with Crippen molar-refractivity contribution in [1.29, 1.82) is 0 Å². The maximum absolute atomic E-state index is 12.4. The number of carbonyl (C=O) groups is 2. The van der Waals surface area contributed by atoms with E-state index in [1.54, 1.807) is 0 Å². The minimum atomic E-state index is -0.00745. The van der Waals surface area contributed by atoms with Crippen molar-refractivity contribution >= 4 is 34.5 Å². The first-order valence-electron chi connectivity index (χ1n) is 9.89. The van der Waals surface area contributed by atoms with E-state index in [1.165, 1.54) is 29.9 Å². The first-order valence-corrected chi connectivity index (χ1v) is 10.8. The molecule has 0 unspecified atom stereocenters. The number of benzene rings is 1. The molecule has 2 aromatic rings. The van der Waals surface area contributed by atoms with Crippen molar-refractivity contribution in [3.05, 3.63) is 46.7 Å². The molecule has 2 aliphatic heterocycles. The van der Waals surface area contributed by atoms with Gasteiger partial charge < -0.3 is 15.1 Å². The summed E-state index contributed by atoms with van der Waals surface area (Å²) in [5.74, 6) is 0.0872. The van der Waals surface area contributed by atoms with Crippen molar-refractivity contribution in [2.45, 2.75) is 12.8 Å². The highest BCUT2D eigenvalue weighted by Crippen LogP contribution is 2.22. The highest BCUT2D eigenvalue weighted by atomic mass is 32.1. The normalized spacial score (nSPS) is 17.7. The third-order valence-corrected chi connectivity index (χ3v) is 6.24. The Morgan fingerprint density at radius 1 is 0.929 bits per heavy atom. The number of anilines is 2. The van der Waals surface area contributed by atoms with Crippen LogP contribution in [0.5, 0.6) is 0 Å². The Bertz CT molecular complexity index is 792. The molecule has 2 fully saturated rings. The molecule has 0 spiro atoms. The number of hydrogen-bond acceptors (Lipinski definition) is 5. The summed E-state index contributed by atoms with van der Waals surface area (Å²) in [6.45, 7) is 5.36. The van der Waals surface area contributed by atoms with Gasteiger partial charge in [0.1, 0.15) is 0 Å². The first-order chi connectivity index (χ1) is 13.7. The molecule has 2 saturated heterocycles. The van der Waals surface area contributed by atoms with Gasteiger partial charge in [-0.2, -0.15) is 0 Å². The molecular formula is C21H26N4O2S. The van der Waals surface area contributed by atoms with E-state index in [-0.39, 0.29) is 11.8 Å². The third kappa shape index (κ3) is 4.54. The van der Waals surface area contributed by atoms with Gasteiger partial charge in [-0.3, -0.25) is 14.5 Å². The topological polar surface area (TPSA) is 55.9 Å². The van der Waals surface area contributed by atoms with Crippen molar-refractivity contribution in [1.82, 2.24) is 9.80 Å². The van der Waals surface area contributed by atoms with E-state index in [1.807, 2.05) is 34.5 Å². The van der Waals surface area contributed by atoms with Gasteiger partial charge in [-0.25, -0.2) is 0 Å². The zero-order chi connectivity index (χ0) is 19.3. The van der Waals surface area contributed by atoms with E-state index in [0.29, 0.717) is 19.6 Å². The molecule has 7 heteroatoms. The summed E-state index contributed by atoms with van der Waals surface area (Å²) in [5, 5.41) is 4.91. The average Bonchev–Trinajstić information content (AvgIpc) is 3.43. The molecular weight excluding hydrogens is 372 g/mol. The Labute approximate surface area is 169 Å². The zero-order valence-corrected chi connectivity index (χ0v) is 16.8. The van der Waals surface area contributed by atoms with Crippen LogP contribution in [-0.4, -0.2) is 67.4 Å². The van der Waals surface area contributed by atoms with E-state index in [9.17, 15) is 9.59 Å². The van der Waals surface area contributed by atoms with E-state index < -0.39 is 0 Å². The van der Waals surface area contributed by atoms with Crippen molar-refractivity contribution in [3.8, 4) is 0 Å². The van der Waals surface area contributed by atoms with Crippen molar-refractivity contribution in [2.75, 3.05) is 56.0 Å². The number of hydrogen-bond donors (Lipinski definition) is 1. The highest BCUT2D eigenvalue weighted by molar-refractivity contribution is 7.12. The molecule has 1 N–H and O–H groups in total. The molecule has 2 aliphatic rings. The number of piperazine rings is 1. The monoisotopic (exact) mass is 398 g/mol. The lowest BCUT2D eigenvalue weighted by molar-refractivity contribution is -0.117. The van der Waals surface area contributed by atoms with Gasteiger partial charge in [0.15, 0.2) is 0 Å².